The second-order valence-corrected chi connectivity index (χ2v) is 7.74. The van der Waals surface area contributed by atoms with E-state index in [9.17, 15) is 4.79 Å². The zero-order valence-electron chi connectivity index (χ0n) is 16.8. The van der Waals surface area contributed by atoms with Crippen LogP contribution in [-0.4, -0.2) is 10.9 Å². The monoisotopic (exact) mass is 458 g/mol. The first-order valence-electron chi connectivity index (χ1n) is 10.1. The summed E-state index contributed by atoms with van der Waals surface area (Å²) >= 11 is 3.62. The molecule has 0 aliphatic carbocycles. The second kappa shape index (κ2) is 9.23. The summed E-state index contributed by atoms with van der Waals surface area (Å²) in [6.45, 7) is 2.09. The molecule has 0 saturated heterocycles. The fourth-order valence-corrected chi connectivity index (χ4v) is 4.36. The summed E-state index contributed by atoms with van der Waals surface area (Å²) in [6, 6.07) is 27.9. The lowest BCUT2D eigenvalue weighted by atomic mass is 9.96. The van der Waals surface area contributed by atoms with Crippen molar-refractivity contribution >= 4 is 32.7 Å². The minimum atomic E-state index is -0.0732. The summed E-state index contributed by atoms with van der Waals surface area (Å²) in [4.78, 5) is 18.5. The van der Waals surface area contributed by atoms with Crippen LogP contribution in [0.5, 0.6) is 0 Å². The minimum Gasteiger partial charge on any atom is -0.345 e. The van der Waals surface area contributed by atoms with E-state index in [0.29, 0.717) is 10.9 Å². The van der Waals surface area contributed by atoms with Gasteiger partial charge in [-0.3, -0.25) is 4.79 Å². The zero-order valence-corrected chi connectivity index (χ0v) is 18.4. The Morgan fingerprint density at radius 1 is 0.933 bits per heavy atom. The van der Waals surface area contributed by atoms with Gasteiger partial charge in [0, 0.05) is 21.8 Å². The highest BCUT2D eigenvalue weighted by Crippen LogP contribution is 2.32. The molecule has 4 aromatic rings. The number of hydrogen-bond donors (Lipinski definition) is 1. The third-order valence-electron chi connectivity index (χ3n) is 5.32. The van der Waals surface area contributed by atoms with Gasteiger partial charge in [-0.05, 0) is 18.1 Å². The van der Waals surface area contributed by atoms with E-state index < -0.39 is 0 Å². The van der Waals surface area contributed by atoms with Crippen LogP contribution in [0.15, 0.2) is 84.9 Å². The fourth-order valence-electron chi connectivity index (χ4n) is 3.81. The molecule has 1 heterocycles. The first kappa shape index (κ1) is 20.3. The fraction of sp³-hybridized carbons (Fsp3) is 0.154. The van der Waals surface area contributed by atoms with Crippen LogP contribution in [-0.2, 0) is 5.33 Å². The number of carbonyl (C=O) groups is 1. The first-order chi connectivity index (χ1) is 14.7. The maximum Gasteiger partial charge on any atom is 0.252 e. The third kappa shape index (κ3) is 4.01. The highest BCUT2D eigenvalue weighted by molar-refractivity contribution is 9.08. The molecule has 30 heavy (non-hydrogen) atoms. The summed E-state index contributed by atoms with van der Waals surface area (Å²) < 4.78 is 0. The lowest BCUT2D eigenvalue weighted by molar-refractivity contribution is 0.0936. The Labute approximate surface area is 185 Å². The largest absolute Gasteiger partial charge is 0.345 e. The second-order valence-electron chi connectivity index (χ2n) is 7.18. The predicted octanol–water partition coefficient (Wildman–Crippen LogP) is 6.68. The molecule has 1 unspecified atom stereocenters. The number of halogens is 1. The number of rotatable bonds is 6. The number of alkyl halides is 1. The van der Waals surface area contributed by atoms with E-state index in [4.69, 9.17) is 4.98 Å². The predicted molar refractivity (Wildman–Crippen MR) is 127 cm³/mol. The first-order valence-corrected chi connectivity index (χ1v) is 11.2. The summed E-state index contributed by atoms with van der Waals surface area (Å²) in [7, 11) is 0. The van der Waals surface area contributed by atoms with Gasteiger partial charge in [-0.15, -0.1) is 0 Å². The van der Waals surface area contributed by atoms with Crippen LogP contribution in [0, 0.1) is 0 Å². The Kier molecular flexibility index (Phi) is 6.24. The number of aromatic nitrogens is 1. The van der Waals surface area contributed by atoms with Gasteiger partial charge in [-0.1, -0.05) is 102 Å². The summed E-state index contributed by atoms with van der Waals surface area (Å²) in [5, 5.41) is 4.67. The number of amides is 1. The molecule has 1 aromatic heterocycles. The van der Waals surface area contributed by atoms with Crippen molar-refractivity contribution in [2.45, 2.75) is 24.7 Å². The number of nitrogens with one attached hydrogen (secondary N) is 1. The van der Waals surface area contributed by atoms with Crippen molar-refractivity contribution in [2.24, 2.45) is 0 Å². The number of hydrogen-bond acceptors (Lipinski definition) is 2. The van der Waals surface area contributed by atoms with Crippen LogP contribution in [0.2, 0.25) is 0 Å². The average molecular weight is 459 g/mol. The Bertz CT molecular complexity index is 1160. The zero-order chi connectivity index (χ0) is 20.9. The van der Waals surface area contributed by atoms with Crippen LogP contribution in [0.4, 0.5) is 0 Å². The van der Waals surface area contributed by atoms with Crippen LogP contribution in [0.3, 0.4) is 0 Å². The maximum absolute atomic E-state index is 13.6. The molecule has 0 radical (unpaired) electrons. The van der Waals surface area contributed by atoms with Crippen LogP contribution in [0.1, 0.15) is 40.9 Å². The van der Waals surface area contributed by atoms with Crippen molar-refractivity contribution in [2.75, 3.05) is 0 Å². The van der Waals surface area contributed by atoms with Gasteiger partial charge in [0.25, 0.3) is 5.91 Å². The van der Waals surface area contributed by atoms with E-state index in [0.717, 1.165) is 39.7 Å². The van der Waals surface area contributed by atoms with Crippen LogP contribution >= 0.6 is 15.9 Å². The van der Waals surface area contributed by atoms with E-state index in [1.165, 1.54) is 0 Å². The molecule has 3 nitrogen and oxygen atoms in total. The molecule has 0 fully saturated rings. The average Bonchev–Trinajstić information content (AvgIpc) is 2.82. The Morgan fingerprint density at radius 2 is 1.57 bits per heavy atom. The highest BCUT2D eigenvalue weighted by atomic mass is 79.9. The number of pyridine rings is 1. The Morgan fingerprint density at radius 3 is 2.23 bits per heavy atom. The topological polar surface area (TPSA) is 42.0 Å². The number of fused-ring (bicyclic) bond motifs is 1. The Balaban J connectivity index is 1.85. The van der Waals surface area contributed by atoms with Crippen molar-refractivity contribution in [1.82, 2.24) is 10.3 Å². The molecule has 0 aliphatic rings. The van der Waals surface area contributed by atoms with Gasteiger partial charge in [-0.2, -0.15) is 0 Å². The quantitative estimate of drug-likeness (QED) is 0.327. The van der Waals surface area contributed by atoms with Gasteiger partial charge in [-0.25, -0.2) is 4.98 Å². The number of carbonyl (C=O) groups excluding carboxylic acids is 1. The standard InChI is InChI=1S/C26H23BrN2O/c1-2-22(18-11-5-3-6-12-18)29-26(30)24-20-15-9-10-16-23(20)28-25(21(24)17-27)19-13-7-4-8-14-19/h3-16,22H,2,17H2,1H3,(H,29,30). The van der Waals surface area contributed by atoms with Gasteiger partial charge in [0.15, 0.2) is 0 Å². The van der Waals surface area contributed by atoms with E-state index >= 15 is 0 Å². The molecule has 150 valence electrons. The smallest absolute Gasteiger partial charge is 0.252 e. The SMILES string of the molecule is CCC(NC(=O)c1c(CBr)c(-c2ccccc2)nc2ccccc12)c1ccccc1. The number of nitrogens with zero attached hydrogens (tertiary/aromatic N) is 1. The van der Waals surface area contributed by atoms with E-state index in [2.05, 4.69) is 40.3 Å². The molecular formula is C26H23BrN2O. The summed E-state index contributed by atoms with van der Waals surface area (Å²) in [6.07, 6.45) is 0.813. The number of benzene rings is 3. The highest BCUT2D eigenvalue weighted by Gasteiger charge is 2.23. The summed E-state index contributed by atoms with van der Waals surface area (Å²) in [5.74, 6) is -0.0732. The molecule has 3 aromatic carbocycles. The van der Waals surface area contributed by atoms with E-state index in [1.807, 2.05) is 72.8 Å². The van der Waals surface area contributed by atoms with Crippen molar-refractivity contribution in [3.8, 4) is 11.3 Å². The Hall–Kier alpha value is -2.98. The summed E-state index contributed by atoms with van der Waals surface area (Å²) in [5.41, 5.74) is 5.35. The van der Waals surface area contributed by atoms with Gasteiger partial charge >= 0.3 is 0 Å². The van der Waals surface area contributed by atoms with Crippen LogP contribution < -0.4 is 5.32 Å². The van der Waals surface area contributed by atoms with Crippen molar-refractivity contribution in [3.63, 3.8) is 0 Å². The molecule has 0 saturated carbocycles. The van der Waals surface area contributed by atoms with Gasteiger partial charge < -0.3 is 5.32 Å². The molecule has 0 aliphatic heterocycles. The molecular weight excluding hydrogens is 436 g/mol. The molecule has 1 amide bonds. The van der Waals surface area contributed by atoms with E-state index in [1.54, 1.807) is 0 Å². The lowest BCUT2D eigenvalue weighted by Crippen LogP contribution is -2.29. The van der Waals surface area contributed by atoms with Crippen molar-refractivity contribution in [3.05, 3.63) is 102 Å². The molecule has 0 spiro atoms. The van der Waals surface area contributed by atoms with Crippen molar-refractivity contribution in [1.29, 1.82) is 0 Å². The third-order valence-corrected chi connectivity index (χ3v) is 5.88. The molecule has 0 bridgehead atoms. The number of para-hydroxylation sites is 1. The van der Waals surface area contributed by atoms with Crippen molar-refractivity contribution < 1.29 is 4.79 Å². The molecule has 1 N–H and O–H groups in total. The molecule has 4 rings (SSSR count). The maximum atomic E-state index is 13.6. The van der Waals surface area contributed by atoms with Gasteiger partial charge in [0.1, 0.15) is 0 Å². The molecule has 4 heteroatoms. The van der Waals surface area contributed by atoms with Gasteiger partial charge in [0.05, 0.1) is 22.8 Å². The normalized spacial score (nSPS) is 11.9. The van der Waals surface area contributed by atoms with Crippen LogP contribution in [0.25, 0.3) is 22.2 Å². The van der Waals surface area contributed by atoms with Gasteiger partial charge in [0.2, 0.25) is 0 Å². The molecule has 1 atom stereocenters. The van der Waals surface area contributed by atoms with E-state index in [-0.39, 0.29) is 11.9 Å². The minimum absolute atomic E-state index is 0.0472. The lowest BCUT2D eigenvalue weighted by Gasteiger charge is -2.20.